The van der Waals surface area contributed by atoms with E-state index in [2.05, 4.69) is 9.98 Å². The van der Waals surface area contributed by atoms with Gasteiger partial charge >= 0.3 is 0 Å². The lowest BCUT2D eigenvalue weighted by atomic mass is 9.71. The van der Waals surface area contributed by atoms with Gasteiger partial charge in [0, 0.05) is 0 Å². The SMILES string of the molecule is O=C=NC1CCC(CC2CCC(CC3CCC(N=C=O)CC3)CC2)CC1. The molecule has 0 N–H and O–H groups in total. The zero-order valence-corrected chi connectivity index (χ0v) is 16.1. The largest absolute Gasteiger partial charge is 0.235 e. The number of carbonyl (C=O) groups excluding carboxylic acids is 2. The van der Waals surface area contributed by atoms with Crippen molar-refractivity contribution in [2.75, 3.05) is 0 Å². The first-order valence-corrected chi connectivity index (χ1v) is 10.9. The summed E-state index contributed by atoms with van der Waals surface area (Å²) >= 11 is 0. The van der Waals surface area contributed by atoms with Gasteiger partial charge in [0.05, 0.1) is 12.1 Å². The molecule has 3 aliphatic rings. The summed E-state index contributed by atoms with van der Waals surface area (Å²) in [5, 5.41) is 0. The van der Waals surface area contributed by atoms with Crippen LogP contribution >= 0.6 is 0 Å². The van der Waals surface area contributed by atoms with Crippen molar-refractivity contribution in [1.82, 2.24) is 0 Å². The molecule has 4 heteroatoms. The molecule has 0 bridgehead atoms. The van der Waals surface area contributed by atoms with Crippen LogP contribution in [0.15, 0.2) is 9.98 Å². The molecule has 0 aromatic carbocycles. The second-order valence-electron chi connectivity index (χ2n) is 9.15. The first kappa shape index (κ1) is 19.5. The van der Waals surface area contributed by atoms with Crippen molar-refractivity contribution in [3.05, 3.63) is 0 Å². The van der Waals surface area contributed by atoms with E-state index in [1.165, 1.54) is 64.2 Å². The van der Waals surface area contributed by atoms with E-state index in [9.17, 15) is 9.59 Å². The molecule has 0 heterocycles. The number of hydrogen-bond donors (Lipinski definition) is 0. The van der Waals surface area contributed by atoms with Gasteiger partial charge in [-0.1, -0.05) is 25.7 Å². The van der Waals surface area contributed by atoms with E-state index in [1.54, 1.807) is 12.2 Å². The normalized spacial score (nSPS) is 38.0. The highest BCUT2D eigenvalue weighted by Gasteiger charge is 2.29. The van der Waals surface area contributed by atoms with E-state index >= 15 is 0 Å². The lowest BCUT2D eigenvalue weighted by molar-refractivity contribution is 0.177. The number of aliphatic imine (C=N–C) groups is 2. The summed E-state index contributed by atoms with van der Waals surface area (Å²) < 4.78 is 0. The van der Waals surface area contributed by atoms with Crippen LogP contribution in [-0.2, 0) is 9.59 Å². The molecule has 144 valence electrons. The van der Waals surface area contributed by atoms with Gasteiger partial charge in [0.1, 0.15) is 0 Å². The molecule has 0 aromatic heterocycles. The Morgan fingerprint density at radius 3 is 1.04 bits per heavy atom. The Morgan fingerprint density at radius 2 is 0.769 bits per heavy atom. The molecule has 3 rings (SSSR count). The van der Waals surface area contributed by atoms with E-state index in [-0.39, 0.29) is 12.1 Å². The maximum atomic E-state index is 10.4. The first-order valence-electron chi connectivity index (χ1n) is 10.9. The van der Waals surface area contributed by atoms with Crippen molar-refractivity contribution in [2.24, 2.45) is 33.7 Å². The molecule has 0 saturated heterocycles. The first-order chi connectivity index (χ1) is 12.8. The lowest BCUT2D eigenvalue weighted by Gasteiger charge is -2.35. The molecule has 0 aromatic rings. The van der Waals surface area contributed by atoms with Crippen molar-refractivity contribution in [2.45, 2.75) is 102 Å². The third kappa shape index (κ3) is 5.89. The Hall–Kier alpha value is -1.24. The van der Waals surface area contributed by atoms with Crippen LogP contribution in [0.5, 0.6) is 0 Å². The van der Waals surface area contributed by atoms with E-state index in [0.29, 0.717) is 0 Å². The molecule has 0 spiro atoms. The van der Waals surface area contributed by atoms with Crippen molar-refractivity contribution in [3.8, 4) is 0 Å². The van der Waals surface area contributed by atoms with E-state index in [0.717, 1.165) is 49.4 Å². The predicted molar refractivity (Wildman–Crippen MR) is 102 cm³/mol. The fourth-order valence-corrected chi connectivity index (χ4v) is 5.81. The topological polar surface area (TPSA) is 58.9 Å². The standard InChI is InChI=1S/C22H34N2O2/c25-15-23-21-9-5-19(6-10-21)13-17-1-2-18(4-3-17)14-20-7-11-22(12-8-20)24-16-26/h17-22H,1-14H2. The van der Waals surface area contributed by atoms with Crippen LogP contribution in [0.3, 0.4) is 0 Å². The maximum absolute atomic E-state index is 10.4. The molecule has 3 saturated carbocycles. The van der Waals surface area contributed by atoms with Crippen molar-refractivity contribution >= 4 is 12.2 Å². The molecular weight excluding hydrogens is 324 g/mol. The van der Waals surface area contributed by atoms with Crippen LogP contribution < -0.4 is 0 Å². The lowest BCUT2D eigenvalue weighted by Crippen LogP contribution is -2.24. The van der Waals surface area contributed by atoms with Crippen LogP contribution in [0.4, 0.5) is 0 Å². The van der Waals surface area contributed by atoms with Gasteiger partial charge in [0.25, 0.3) is 0 Å². The average Bonchev–Trinajstić information content (AvgIpc) is 2.67. The maximum Gasteiger partial charge on any atom is 0.235 e. The average molecular weight is 359 g/mol. The smallest absolute Gasteiger partial charge is 0.211 e. The van der Waals surface area contributed by atoms with Crippen molar-refractivity contribution < 1.29 is 9.59 Å². The Balaban J connectivity index is 1.31. The van der Waals surface area contributed by atoms with Crippen LogP contribution in [0.2, 0.25) is 0 Å². The van der Waals surface area contributed by atoms with Gasteiger partial charge in [0.2, 0.25) is 12.2 Å². The van der Waals surface area contributed by atoms with Gasteiger partial charge in [-0.3, -0.25) is 0 Å². The summed E-state index contributed by atoms with van der Waals surface area (Å²) in [6, 6.07) is 0.513. The van der Waals surface area contributed by atoms with Gasteiger partial charge in [-0.2, -0.15) is 0 Å². The van der Waals surface area contributed by atoms with E-state index < -0.39 is 0 Å². The van der Waals surface area contributed by atoms with Crippen LogP contribution in [0, 0.1) is 23.7 Å². The quantitative estimate of drug-likeness (QED) is 0.474. The molecule has 0 atom stereocenters. The molecule has 4 nitrogen and oxygen atoms in total. The fourth-order valence-electron chi connectivity index (χ4n) is 5.81. The fraction of sp³-hybridized carbons (Fsp3) is 0.909. The third-order valence-corrected chi connectivity index (χ3v) is 7.40. The second-order valence-corrected chi connectivity index (χ2v) is 9.15. The molecular formula is C22H34N2O2. The molecule has 0 aliphatic heterocycles. The van der Waals surface area contributed by atoms with Crippen LogP contribution in [-0.4, -0.2) is 24.2 Å². The predicted octanol–water partition coefficient (Wildman–Crippen LogP) is 5.36. The van der Waals surface area contributed by atoms with Crippen LogP contribution in [0.1, 0.15) is 89.9 Å². The third-order valence-electron chi connectivity index (χ3n) is 7.40. The summed E-state index contributed by atoms with van der Waals surface area (Å²) in [7, 11) is 0. The summed E-state index contributed by atoms with van der Waals surface area (Å²) in [6.07, 6.45) is 21.3. The molecule has 0 unspecified atom stereocenters. The van der Waals surface area contributed by atoms with Gasteiger partial charge in [-0.05, 0) is 87.9 Å². The van der Waals surface area contributed by atoms with Crippen LogP contribution in [0.25, 0.3) is 0 Å². The van der Waals surface area contributed by atoms with E-state index in [4.69, 9.17) is 0 Å². The summed E-state index contributed by atoms with van der Waals surface area (Å²) in [5.41, 5.74) is 0. The Kier molecular flexibility index (Phi) is 7.65. The van der Waals surface area contributed by atoms with Gasteiger partial charge in [-0.25, -0.2) is 19.6 Å². The Morgan fingerprint density at radius 1 is 0.500 bits per heavy atom. The monoisotopic (exact) mass is 358 g/mol. The number of rotatable bonds is 6. The highest BCUT2D eigenvalue weighted by atomic mass is 16.1. The minimum atomic E-state index is 0.256. The Bertz CT molecular complexity index is 464. The van der Waals surface area contributed by atoms with Crippen molar-refractivity contribution in [1.29, 1.82) is 0 Å². The molecule has 0 amide bonds. The molecule has 26 heavy (non-hydrogen) atoms. The summed E-state index contributed by atoms with van der Waals surface area (Å²) in [5.74, 6) is 3.59. The molecule has 0 radical (unpaired) electrons. The minimum Gasteiger partial charge on any atom is -0.211 e. The molecule has 3 fully saturated rings. The van der Waals surface area contributed by atoms with Gasteiger partial charge in [-0.15, -0.1) is 0 Å². The number of hydrogen-bond acceptors (Lipinski definition) is 4. The zero-order valence-electron chi connectivity index (χ0n) is 16.1. The zero-order chi connectivity index (χ0) is 18.2. The van der Waals surface area contributed by atoms with Crippen molar-refractivity contribution in [3.63, 3.8) is 0 Å². The molecule has 3 aliphatic carbocycles. The summed E-state index contributed by atoms with van der Waals surface area (Å²) in [6.45, 7) is 0. The number of isocyanates is 2. The summed E-state index contributed by atoms with van der Waals surface area (Å²) in [4.78, 5) is 28.6. The highest BCUT2D eigenvalue weighted by Crippen LogP contribution is 2.41. The highest BCUT2D eigenvalue weighted by molar-refractivity contribution is 5.33. The second kappa shape index (κ2) is 10.2. The van der Waals surface area contributed by atoms with Gasteiger partial charge in [0.15, 0.2) is 0 Å². The Labute approximate surface area is 157 Å². The van der Waals surface area contributed by atoms with E-state index in [1.807, 2.05) is 0 Å². The number of nitrogens with zero attached hydrogens (tertiary/aromatic N) is 2. The van der Waals surface area contributed by atoms with Gasteiger partial charge < -0.3 is 0 Å². The minimum absolute atomic E-state index is 0.256.